The maximum Gasteiger partial charge on any atom is 0.0738 e. The minimum atomic E-state index is 0.311. The van der Waals surface area contributed by atoms with Crippen LogP contribution in [0.5, 0.6) is 0 Å². The maximum atomic E-state index is 3.76. The highest BCUT2D eigenvalue weighted by atomic mass is 79.9. The van der Waals surface area contributed by atoms with Gasteiger partial charge in [0.1, 0.15) is 0 Å². The van der Waals surface area contributed by atoms with E-state index in [4.69, 9.17) is 0 Å². The summed E-state index contributed by atoms with van der Waals surface area (Å²) in [7, 11) is 0. The maximum absolute atomic E-state index is 3.76. The quantitative estimate of drug-likeness (QED) is 0.629. The fourth-order valence-corrected chi connectivity index (χ4v) is 3.48. The van der Waals surface area contributed by atoms with Gasteiger partial charge in [0.05, 0.1) is 4.83 Å². The van der Waals surface area contributed by atoms with E-state index in [1.54, 1.807) is 0 Å². The van der Waals surface area contributed by atoms with Crippen molar-refractivity contribution in [3.8, 4) is 0 Å². The Hall–Kier alpha value is -0.120. The van der Waals surface area contributed by atoms with Crippen molar-refractivity contribution >= 4 is 43.2 Å². The molecule has 1 aromatic carbocycles. The van der Waals surface area contributed by atoms with Crippen LogP contribution >= 0.6 is 43.2 Å². The number of benzene rings is 1. The molecular formula is C13H12Br2S. The van der Waals surface area contributed by atoms with Gasteiger partial charge in [0.15, 0.2) is 0 Å². The van der Waals surface area contributed by atoms with Crippen LogP contribution in [0.2, 0.25) is 0 Å². The van der Waals surface area contributed by atoms with E-state index in [1.165, 1.54) is 15.3 Å². The molecule has 0 amide bonds. The summed E-state index contributed by atoms with van der Waals surface area (Å²) in [6.45, 7) is 2.19. The Kier molecular flexibility index (Phi) is 4.22. The van der Waals surface area contributed by atoms with Crippen LogP contribution < -0.4 is 0 Å². The van der Waals surface area contributed by atoms with Crippen molar-refractivity contribution in [2.75, 3.05) is 0 Å². The summed E-state index contributed by atoms with van der Waals surface area (Å²) in [6.07, 6.45) is 1.12. The Morgan fingerprint density at radius 1 is 1.12 bits per heavy atom. The molecule has 0 radical (unpaired) electrons. The van der Waals surface area contributed by atoms with Gasteiger partial charge in [0.25, 0.3) is 0 Å². The third-order valence-corrected chi connectivity index (χ3v) is 5.59. The highest BCUT2D eigenvalue weighted by Gasteiger charge is 2.12. The van der Waals surface area contributed by atoms with Gasteiger partial charge in [-0.05, 0) is 36.2 Å². The van der Waals surface area contributed by atoms with Gasteiger partial charge >= 0.3 is 0 Å². The number of thiophene rings is 1. The smallest absolute Gasteiger partial charge is 0.0738 e. The summed E-state index contributed by atoms with van der Waals surface area (Å²) in [4.78, 5) is 3.13. The molecule has 0 bridgehead atoms. The molecular weight excluding hydrogens is 348 g/mol. The zero-order chi connectivity index (χ0) is 11.5. The average molecular weight is 360 g/mol. The van der Waals surface area contributed by atoms with E-state index in [2.05, 4.69) is 75.2 Å². The molecule has 1 atom stereocenters. The molecule has 0 aliphatic rings. The molecule has 0 nitrogen and oxygen atoms in total. The van der Waals surface area contributed by atoms with Crippen LogP contribution in [0.1, 0.15) is 27.1 Å². The molecule has 0 fully saturated rings. The molecule has 0 N–H and O–H groups in total. The van der Waals surface area contributed by atoms with E-state index in [-0.39, 0.29) is 0 Å². The monoisotopic (exact) mass is 358 g/mol. The average Bonchev–Trinajstić information content (AvgIpc) is 2.77. The third kappa shape index (κ3) is 2.76. The van der Waals surface area contributed by atoms with Gasteiger partial charge < -0.3 is 0 Å². The normalized spacial score (nSPS) is 12.7. The SMILES string of the molecule is CCc1ccc(C(Br)c2ccc(Br)cc2)s1. The standard InChI is InChI=1S/C13H12Br2S/c1-2-11-7-8-12(16-11)13(15)9-3-5-10(14)6-4-9/h3-8,13H,2H2,1H3. The molecule has 1 heterocycles. The van der Waals surface area contributed by atoms with Crippen molar-refractivity contribution in [2.24, 2.45) is 0 Å². The van der Waals surface area contributed by atoms with Crippen LogP contribution in [-0.4, -0.2) is 0 Å². The summed E-state index contributed by atoms with van der Waals surface area (Å²) < 4.78 is 1.12. The first kappa shape index (κ1) is 12.3. The third-order valence-electron chi connectivity index (χ3n) is 2.44. The summed E-state index contributed by atoms with van der Waals surface area (Å²) in [6, 6.07) is 12.9. The lowest BCUT2D eigenvalue weighted by atomic mass is 10.1. The molecule has 1 unspecified atom stereocenters. The topological polar surface area (TPSA) is 0 Å². The molecule has 0 saturated heterocycles. The summed E-state index contributed by atoms with van der Waals surface area (Å²) in [5.41, 5.74) is 1.30. The molecule has 0 spiro atoms. The van der Waals surface area contributed by atoms with Crippen molar-refractivity contribution in [1.82, 2.24) is 0 Å². The van der Waals surface area contributed by atoms with E-state index in [9.17, 15) is 0 Å². The van der Waals surface area contributed by atoms with Crippen LogP contribution in [0, 0.1) is 0 Å². The van der Waals surface area contributed by atoms with Crippen molar-refractivity contribution in [1.29, 1.82) is 0 Å². The predicted octanol–water partition coefficient (Wildman–Crippen LogP) is 5.56. The largest absolute Gasteiger partial charge is 0.144 e. The molecule has 84 valence electrons. The summed E-state index contributed by atoms with van der Waals surface area (Å²) >= 11 is 9.09. The number of halogens is 2. The van der Waals surface area contributed by atoms with Crippen molar-refractivity contribution in [2.45, 2.75) is 18.2 Å². The van der Waals surface area contributed by atoms with E-state index in [0.29, 0.717) is 4.83 Å². The van der Waals surface area contributed by atoms with E-state index in [1.807, 2.05) is 11.3 Å². The summed E-state index contributed by atoms with van der Waals surface area (Å²) in [5.74, 6) is 0. The van der Waals surface area contributed by atoms with Crippen LogP contribution in [0.25, 0.3) is 0 Å². The number of rotatable bonds is 3. The van der Waals surface area contributed by atoms with Crippen molar-refractivity contribution in [3.05, 3.63) is 56.2 Å². The molecule has 2 rings (SSSR count). The Morgan fingerprint density at radius 3 is 2.38 bits per heavy atom. The van der Waals surface area contributed by atoms with Crippen LogP contribution in [0.4, 0.5) is 0 Å². The second-order valence-electron chi connectivity index (χ2n) is 3.57. The molecule has 0 aliphatic carbocycles. The molecule has 3 heteroatoms. The minimum absolute atomic E-state index is 0.311. The predicted molar refractivity (Wildman–Crippen MR) is 78.6 cm³/mol. The number of hydrogen-bond donors (Lipinski definition) is 0. The Balaban J connectivity index is 2.24. The van der Waals surface area contributed by atoms with Crippen LogP contribution in [0.15, 0.2) is 40.9 Å². The first-order valence-corrected chi connectivity index (χ1v) is 7.71. The van der Waals surface area contributed by atoms with Crippen LogP contribution in [0.3, 0.4) is 0 Å². The first-order chi connectivity index (χ1) is 7.70. The molecule has 16 heavy (non-hydrogen) atoms. The fraction of sp³-hybridized carbons (Fsp3) is 0.231. The number of aryl methyl sites for hydroxylation is 1. The fourth-order valence-electron chi connectivity index (χ4n) is 1.52. The van der Waals surface area contributed by atoms with E-state index in [0.717, 1.165) is 10.9 Å². The summed E-state index contributed by atoms with van der Waals surface area (Å²) in [5, 5.41) is 0. The Labute approximate surface area is 117 Å². The van der Waals surface area contributed by atoms with Gasteiger partial charge in [-0.3, -0.25) is 0 Å². The minimum Gasteiger partial charge on any atom is -0.144 e. The van der Waals surface area contributed by atoms with E-state index >= 15 is 0 Å². The van der Waals surface area contributed by atoms with Gasteiger partial charge in [-0.15, -0.1) is 11.3 Å². The van der Waals surface area contributed by atoms with Gasteiger partial charge in [0, 0.05) is 14.2 Å². The van der Waals surface area contributed by atoms with Crippen molar-refractivity contribution < 1.29 is 0 Å². The Morgan fingerprint density at radius 2 is 1.81 bits per heavy atom. The molecule has 2 aromatic rings. The molecule has 0 aliphatic heterocycles. The lowest BCUT2D eigenvalue weighted by Crippen LogP contribution is -1.88. The number of hydrogen-bond acceptors (Lipinski definition) is 1. The molecule has 0 saturated carbocycles. The highest BCUT2D eigenvalue weighted by Crippen LogP contribution is 2.35. The van der Waals surface area contributed by atoms with Gasteiger partial charge in [0.2, 0.25) is 0 Å². The van der Waals surface area contributed by atoms with Gasteiger partial charge in [-0.2, -0.15) is 0 Å². The van der Waals surface area contributed by atoms with Gasteiger partial charge in [-0.25, -0.2) is 0 Å². The second-order valence-corrected chi connectivity index (χ2v) is 6.60. The lowest BCUT2D eigenvalue weighted by Gasteiger charge is -2.07. The Bertz CT molecular complexity index is 459. The highest BCUT2D eigenvalue weighted by molar-refractivity contribution is 9.10. The van der Waals surface area contributed by atoms with Gasteiger partial charge in [-0.1, -0.05) is 50.9 Å². The molecule has 1 aromatic heterocycles. The van der Waals surface area contributed by atoms with Crippen LogP contribution in [-0.2, 0) is 6.42 Å². The lowest BCUT2D eigenvalue weighted by molar-refractivity contribution is 1.19. The second kappa shape index (κ2) is 5.48. The van der Waals surface area contributed by atoms with E-state index < -0.39 is 0 Å². The van der Waals surface area contributed by atoms with Crippen molar-refractivity contribution in [3.63, 3.8) is 0 Å². The zero-order valence-electron chi connectivity index (χ0n) is 8.91. The first-order valence-electron chi connectivity index (χ1n) is 5.19. The zero-order valence-corrected chi connectivity index (χ0v) is 12.9. The number of alkyl halides is 1.